The Bertz CT molecular complexity index is 712. The van der Waals surface area contributed by atoms with Gasteiger partial charge in [0, 0.05) is 0 Å². The van der Waals surface area contributed by atoms with Gasteiger partial charge in [-0.25, -0.2) is 10.4 Å². The second-order valence-electron chi connectivity index (χ2n) is 6.32. The lowest BCUT2D eigenvalue weighted by atomic mass is 9.71. The quantitative estimate of drug-likeness (QED) is 0.873. The number of benzene rings is 2. The first kappa shape index (κ1) is 13.5. The Morgan fingerprint density at radius 2 is 1.82 bits per heavy atom. The highest BCUT2D eigenvalue weighted by atomic mass is 16.2. The van der Waals surface area contributed by atoms with Gasteiger partial charge in [-0.3, -0.25) is 4.79 Å². The molecule has 0 saturated carbocycles. The van der Waals surface area contributed by atoms with Crippen LogP contribution >= 0.6 is 0 Å². The molecule has 22 heavy (non-hydrogen) atoms. The molecule has 0 bridgehead atoms. The van der Waals surface area contributed by atoms with Crippen LogP contribution in [0.25, 0.3) is 0 Å². The van der Waals surface area contributed by atoms with Crippen molar-refractivity contribution in [1.29, 1.82) is 0 Å². The molecule has 2 atom stereocenters. The van der Waals surface area contributed by atoms with Gasteiger partial charge in [0.2, 0.25) is 5.91 Å². The molecule has 2 aliphatic rings. The van der Waals surface area contributed by atoms with E-state index in [1.54, 1.807) is 5.01 Å². The first-order valence-corrected chi connectivity index (χ1v) is 7.97. The highest BCUT2D eigenvalue weighted by molar-refractivity contribution is 5.97. The summed E-state index contributed by atoms with van der Waals surface area (Å²) in [5.41, 5.74) is 6.88. The number of hydrogen-bond acceptors (Lipinski definition) is 2. The standard InChI is InChI=1S/C19H20N2O/c1-14-18(22)21(16-10-3-2-4-11-16)20-19(14)13-7-9-15-8-5-6-12-17(15)19/h2-6,8,10-12,14,20H,7,9,13H2,1H3/t14-,19-/m1/s1. The van der Waals surface area contributed by atoms with Crippen molar-refractivity contribution in [3.8, 4) is 0 Å². The van der Waals surface area contributed by atoms with Gasteiger partial charge in [0.25, 0.3) is 0 Å². The molecule has 1 amide bonds. The summed E-state index contributed by atoms with van der Waals surface area (Å²) in [4.78, 5) is 12.9. The van der Waals surface area contributed by atoms with Gasteiger partial charge >= 0.3 is 0 Å². The zero-order chi connectivity index (χ0) is 15.2. The lowest BCUT2D eigenvalue weighted by Crippen LogP contribution is -2.47. The Balaban J connectivity index is 1.80. The third-order valence-corrected chi connectivity index (χ3v) is 5.17. The summed E-state index contributed by atoms with van der Waals surface area (Å²) in [5.74, 6) is 0.0945. The molecule has 3 nitrogen and oxygen atoms in total. The average Bonchev–Trinajstić information content (AvgIpc) is 2.82. The summed E-state index contributed by atoms with van der Waals surface area (Å²) < 4.78 is 0. The average molecular weight is 292 g/mol. The largest absolute Gasteiger partial charge is 0.273 e. The zero-order valence-electron chi connectivity index (χ0n) is 12.8. The Morgan fingerprint density at radius 3 is 2.64 bits per heavy atom. The van der Waals surface area contributed by atoms with Crippen LogP contribution < -0.4 is 10.4 Å². The molecule has 2 aromatic carbocycles. The number of nitrogens with zero attached hydrogens (tertiary/aromatic N) is 1. The van der Waals surface area contributed by atoms with Crippen molar-refractivity contribution >= 4 is 11.6 Å². The van der Waals surface area contributed by atoms with Crippen molar-refractivity contribution in [1.82, 2.24) is 5.43 Å². The molecule has 1 aliphatic heterocycles. The number of anilines is 1. The van der Waals surface area contributed by atoms with E-state index in [1.807, 2.05) is 30.3 Å². The molecule has 1 fully saturated rings. The molecule has 4 rings (SSSR count). The normalized spacial score (nSPS) is 27.2. The first-order valence-electron chi connectivity index (χ1n) is 7.97. The van der Waals surface area contributed by atoms with Gasteiger partial charge in [-0.05, 0) is 42.5 Å². The smallest absolute Gasteiger partial charge is 0.246 e. The number of carbonyl (C=O) groups excluding carboxylic acids is 1. The number of hydrazine groups is 1. The van der Waals surface area contributed by atoms with E-state index < -0.39 is 0 Å². The molecule has 0 radical (unpaired) electrons. The second-order valence-corrected chi connectivity index (χ2v) is 6.32. The number of fused-ring (bicyclic) bond motifs is 2. The maximum atomic E-state index is 12.9. The molecule has 0 aromatic heterocycles. The molecule has 1 heterocycles. The van der Waals surface area contributed by atoms with Crippen LogP contribution in [-0.4, -0.2) is 5.91 Å². The zero-order valence-corrected chi connectivity index (χ0v) is 12.8. The molecule has 0 unspecified atom stereocenters. The lowest BCUT2D eigenvalue weighted by molar-refractivity contribution is -0.120. The molecular weight excluding hydrogens is 272 g/mol. The van der Waals surface area contributed by atoms with E-state index in [2.05, 4.69) is 36.6 Å². The van der Waals surface area contributed by atoms with Gasteiger partial charge in [-0.15, -0.1) is 0 Å². The van der Waals surface area contributed by atoms with Crippen molar-refractivity contribution in [2.75, 3.05) is 5.01 Å². The van der Waals surface area contributed by atoms with E-state index in [1.165, 1.54) is 11.1 Å². The number of carbonyl (C=O) groups is 1. The maximum Gasteiger partial charge on any atom is 0.246 e. The number of amides is 1. The fraction of sp³-hybridized carbons (Fsp3) is 0.316. The van der Waals surface area contributed by atoms with Crippen LogP contribution in [0.5, 0.6) is 0 Å². The molecule has 3 heteroatoms. The summed E-state index contributed by atoms with van der Waals surface area (Å²) in [5, 5.41) is 1.74. The number of aryl methyl sites for hydroxylation is 1. The van der Waals surface area contributed by atoms with Gasteiger partial charge in [0.05, 0.1) is 17.1 Å². The molecule has 112 valence electrons. The van der Waals surface area contributed by atoms with Gasteiger partial charge in [0.1, 0.15) is 0 Å². The number of hydrogen-bond donors (Lipinski definition) is 1. The second kappa shape index (κ2) is 4.96. The van der Waals surface area contributed by atoms with Gasteiger partial charge in [-0.1, -0.05) is 49.4 Å². The van der Waals surface area contributed by atoms with Crippen LogP contribution in [0.4, 0.5) is 5.69 Å². The van der Waals surface area contributed by atoms with Gasteiger partial charge < -0.3 is 0 Å². The predicted molar refractivity (Wildman–Crippen MR) is 87.3 cm³/mol. The summed E-state index contributed by atoms with van der Waals surface area (Å²) >= 11 is 0. The van der Waals surface area contributed by atoms with E-state index in [4.69, 9.17) is 0 Å². The molecule has 1 N–H and O–H groups in total. The maximum absolute atomic E-state index is 12.9. The van der Waals surface area contributed by atoms with Crippen molar-refractivity contribution in [2.24, 2.45) is 5.92 Å². The Labute approximate surface area is 130 Å². The molecular formula is C19H20N2O. The molecule has 1 spiro atoms. The van der Waals surface area contributed by atoms with E-state index >= 15 is 0 Å². The number of para-hydroxylation sites is 1. The Kier molecular flexibility index (Phi) is 3.05. The van der Waals surface area contributed by atoms with E-state index in [0.717, 1.165) is 24.9 Å². The molecule has 1 aliphatic carbocycles. The minimum atomic E-state index is -0.262. The summed E-state index contributed by atoms with van der Waals surface area (Å²) in [6, 6.07) is 18.4. The van der Waals surface area contributed by atoms with E-state index in [9.17, 15) is 4.79 Å². The van der Waals surface area contributed by atoms with Crippen LogP contribution in [-0.2, 0) is 16.8 Å². The Hall–Kier alpha value is -2.13. The van der Waals surface area contributed by atoms with Crippen LogP contribution in [0.2, 0.25) is 0 Å². The summed E-state index contributed by atoms with van der Waals surface area (Å²) in [7, 11) is 0. The Morgan fingerprint density at radius 1 is 1.09 bits per heavy atom. The highest BCUT2D eigenvalue weighted by Gasteiger charge is 2.52. The fourth-order valence-electron chi connectivity index (χ4n) is 3.96. The lowest BCUT2D eigenvalue weighted by Gasteiger charge is -2.38. The first-order chi connectivity index (χ1) is 10.7. The minimum Gasteiger partial charge on any atom is -0.273 e. The highest BCUT2D eigenvalue weighted by Crippen LogP contribution is 2.45. The van der Waals surface area contributed by atoms with Crippen LogP contribution in [0.15, 0.2) is 54.6 Å². The third-order valence-electron chi connectivity index (χ3n) is 5.17. The van der Waals surface area contributed by atoms with Gasteiger partial charge in [-0.2, -0.15) is 0 Å². The van der Waals surface area contributed by atoms with Crippen LogP contribution in [0.1, 0.15) is 30.9 Å². The number of nitrogens with one attached hydrogen (secondary N) is 1. The van der Waals surface area contributed by atoms with Crippen molar-refractivity contribution < 1.29 is 4.79 Å². The monoisotopic (exact) mass is 292 g/mol. The van der Waals surface area contributed by atoms with Crippen molar-refractivity contribution in [3.63, 3.8) is 0 Å². The van der Waals surface area contributed by atoms with E-state index in [-0.39, 0.29) is 17.4 Å². The number of rotatable bonds is 1. The van der Waals surface area contributed by atoms with Crippen LogP contribution in [0.3, 0.4) is 0 Å². The summed E-state index contributed by atoms with van der Waals surface area (Å²) in [6.45, 7) is 2.06. The van der Waals surface area contributed by atoms with Gasteiger partial charge in [0.15, 0.2) is 0 Å². The molecule has 1 saturated heterocycles. The SMILES string of the molecule is C[C@@H]1C(=O)N(c2ccccc2)N[C@]12CCCc1ccccc12. The van der Waals surface area contributed by atoms with Crippen molar-refractivity contribution in [3.05, 3.63) is 65.7 Å². The topological polar surface area (TPSA) is 32.3 Å². The summed E-state index contributed by atoms with van der Waals surface area (Å²) in [6.07, 6.45) is 3.22. The van der Waals surface area contributed by atoms with E-state index in [0.29, 0.717) is 0 Å². The third kappa shape index (κ3) is 1.82. The van der Waals surface area contributed by atoms with Crippen molar-refractivity contribution in [2.45, 2.75) is 31.7 Å². The molecule has 2 aromatic rings. The fourth-order valence-corrected chi connectivity index (χ4v) is 3.96. The van der Waals surface area contributed by atoms with Crippen LogP contribution in [0, 0.1) is 5.92 Å². The predicted octanol–water partition coefficient (Wildman–Crippen LogP) is 3.41. The minimum absolute atomic E-state index is 0.0610.